The van der Waals surface area contributed by atoms with Gasteiger partial charge in [0.15, 0.2) is 5.69 Å². The van der Waals surface area contributed by atoms with Crippen molar-refractivity contribution in [1.29, 1.82) is 0 Å². The molecule has 1 fully saturated rings. The molecule has 3 heteroatoms. The van der Waals surface area contributed by atoms with E-state index in [4.69, 9.17) is 6.57 Å². The highest BCUT2D eigenvalue weighted by molar-refractivity contribution is 5.88. The summed E-state index contributed by atoms with van der Waals surface area (Å²) in [4.78, 5) is 6.16. The number of benzene rings is 2. The van der Waals surface area contributed by atoms with E-state index in [9.17, 15) is 0 Å². The minimum absolute atomic E-state index is 0.588. The van der Waals surface area contributed by atoms with Crippen LogP contribution >= 0.6 is 0 Å². The SMILES string of the molecule is [C-]#[N+]c1ccc2c(c1)c(C1CCC(N(C)Cc3ccccc3)C1)cn2CC. The van der Waals surface area contributed by atoms with Crippen LogP contribution in [0.15, 0.2) is 54.7 Å². The lowest BCUT2D eigenvalue weighted by Crippen LogP contribution is -2.28. The average molecular weight is 358 g/mol. The third-order valence-corrected chi connectivity index (χ3v) is 6.11. The summed E-state index contributed by atoms with van der Waals surface area (Å²) in [5, 5.41) is 1.28. The summed E-state index contributed by atoms with van der Waals surface area (Å²) in [6.45, 7) is 11.5. The van der Waals surface area contributed by atoms with Gasteiger partial charge in [-0.3, -0.25) is 4.90 Å². The Bertz CT molecular complexity index is 964. The predicted molar refractivity (Wildman–Crippen MR) is 112 cm³/mol. The van der Waals surface area contributed by atoms with E-state index in [1.165, 1.54) is 41.3 Å². The summed E-state index contributed by atoms with van der Waals surface area (Å²) in [5.41, 5.74) is 4.83. The second-order valence-electron chi connectivity index (χ2n) is 7.75. The molecular weight excluding hydrogens is 330 g/mol. The first-order valence-corrected chi connectivity index (χ1v) is 9.94. The largest absolute Gasteiger partial charge is 0.348 e. The minimum Gasteiger partial charge on any atom is -0.348 e. The number of fused-ring (bicyclic) bond motifs is 1. The number of aryl methyl sites for hydroxylation is 1. The van der Waals surface area contributed by atoms with E-state index in [0.717, 1.165) is 18.8 Å². The van der Waals surface area contributed by atoms with Gasteiger partial charge in [-0.25, -0.2) is 4.85 Å². The molecule has 0 aliphatic heterocycles. The van der Waals surface area contributed by atoms with Crippen LogP contribution in [0.5, 0.6) is 0 Å². The Kier molecular flexibility index (Phi) is 5.01. The van der Waals surface area contributed by atoms with Crippen LogP contribution < -0.4 is 0 Å². The van der Waals surface area contributed by atoms with Gasteiger partial charge in [0.25, 0.3) is 0 Å². The molecule has 2 aromatic carbocycles. The smallest absolute Gasteiger partial charge is 0.187 e. The van der Waals surface area contributed by atoms with Crippen LogP contribution in [-0.2, 0) is 13.1 Å². The summed E-state index contributed by atoms with van der Waals surface area (Å²) < 4.78 is 2.33. The van der Waals surface area contributed by atoms with Crippen LogP contribution in [0, 0.1) is 6.57 Å². The van der Waals surface area contributed by atoms with Crippen molar-refractivity contribution in [3.05, 3.63) is 77.3 Å². The summed E-state index contributed by atoms with van der Waals surface area (Å²) in [6.07, 6.45) is 6.02. The highest BCUT2D eigenvalue weighted by Gasteiger charge is 2.30. The van der Waals surface area contributed by atoms with Gasteiger partial charge in [0.2, 0.25) is 0 Å². The monoisotopic (exact) mass is 357 g/mol. The molecule has 0 amide bonds. The summed E-state index contributed by atoms with van der Waals surface area (Å²) in [7, 11) is 2.26. The molecule has 0 saturated heterocycles. The number of aromatic nitrogens is 1. The van der Waals surface area contributed by atoms with Crippen molar-refractivity contribution in [3.8, 4) is 0 Å². The van der Waals surface area contributed by atoms with Gasteiger partial charge in [0.05, 0.1) is 6.57 Å². The first kappa shape index (κ1) is 17.8. The number of hydrogen-bond acceptors (Lipinski definition) is 1. The van der Waals surface area contributed by atoms with Crippen molar-refractivity contribution in [2.24, 2.45) is 0 Å². The van der Waals surface area contributed by atoms with Crippen molar-refractivity contribution in [3.63, 3.8) is 0 Å². The van der Waals surface area contributed by atoms with Gasteiger partial charge in [-0.2, -0.15) is 0 Å². The van der Waals surface area contributed by atoms with Crippen LogP contribution in [0.2, 0.25) is 0 Å². The van der Waals surface area contributed by atoms with Gasteiger partial charge in [0, 0.05) is 30.8 Å². The normalized spacial score (nSPS) is 19.6. The van der Waals surface area contributed by atoms with Crippen LogP contribution in [0.4, 0.5) is 5.69 Å². The standard InChI is InChI=1S/C24H27N3/c1-4-27-17-23(22-15-20(25-2)11-13-24(22)27)19-10-12-21(14-19)26(3)16-18-8-6-5-7-9-18/h5-9,11,13,15,17,19,21H,4,10,12,14,16H2,1,3H3. The van der Waals surface area contributed by atoms with E-state index in [2.05, 4.69) is 76.9 Å². The zero-order valence-electron chi connectivity index (χ0n) is 16.2. The molecule has 0 radical (unpaired) electrons. The number of nitrogens with zero attached hydrogens (tertiary/aromatic N) is 3. The molecule has 1 heterocycles. The van der Waals surface area contributed by atoms with Gasteiger partial charge in [-0.05, 0) is 67.8 Å². The van der Waals surface area contributed by atoms with Crippen molar-refractivity contribution in [1.82, 2.24) is 9.47 Å². The third-order valence-electron chi connectivity index (χ3n) is 6.11. The fourth-order valence-electron chi connectivity index (χ4n) is 4.61. The van der Waals surface area contributed by atoms with Gasteiger partial charge >= 0.3 is 0 Å². The van der Waals surface area contributed by atoms with E-state index in [0.29, 0.717) is 12.0 Å². The quantitative estimate of drug-likeness (QED) is 0.512. The molecule has 1 saturated carbocycles. The number of rotatable bonds is 5. The molecule has 1 aliphatic rings. The molecule has 2 unspecified atom stereocenters. The minimum atomic E-state index is 0.588. The molecular formula is C24H27N3. The van der Waals surface area contributed by atoms with Gasteiger partial charge in [-0.15, -0.1) is 0 Å². The van der Waals surface area contributed by atoms with Gasteiger partial charge < -0.3 is 4.57 Å². The maximum atomic E-state index is 7.36. The molecule has 1 aromatic heterocycles. The molecule has 27 heavy (non-hydrogen) atoms. The molecule has 0 bridgehead atoms. The van der Waals surface area contributed by atoms with Crippen molar-refractivity contribution in [2.45, 2.75) is 51.2 Å². The number of hydrogen-bond donors (Lipinski definition) is 0. The maximum absolute atomic E-state index is 7.36. The Morgan fingerprint density at radius 3 is 2.70 bits per heavy atom. The Balaban J connectivity index is 1.56. The highest BCUT2D eigenvalue weighted by atomic mass is 15.1. The van der Waals surface area contributed by atoms with Gasteiger partial charge in [0.1, 0.15) is 0 Å². The summed E-state index contributed by atoms with van der Waals surface area (Å²) in [6, 6.07) is 17.5. The molecule has 138 valence electrons. The fraction of sp³-hybridized carbons (Fsp3) is 0.375. The molecule has 0 spiro atoms. The van der Waals surface area contributed by atoms with Crippen LogP contribution in [0.25, 0.3) is 15.7 Å². The van der Waals surface area contributed by atoms with E-state index >= 15 is 0 Å². The Morgan fingerprint density at radius 1 is 1.15 bits per heavy atom. The summed E-state index contributed by atoms with van der Waals surface area (Å²) in [5.74, 6) is 0.588. The second-order valence-corrected chi connectivity index (χ2v) is 7.75. The molecule has 2 atom stereocenters. The molecule has 3 nitrogen and oxygen atoms in total. The van der Waals surface area contributed by atoms with Crippen molar-refractivity contribution < 1.29 is 0 Å². The Labute approximate surface area is 162 Å². The van der Waals surface area contributed by atoms with E-state index < -0.39 is 0 Å². The topological polar surface area (TPSA) is 12.5 Å². The summed E-state index contributed by atoms with van der Waals surface area (Å²) >= 11 is 0. The highest BCUT2D eigenvalue weighted by Crippen LogP contribution is 2.41. The molecule has 1 aliphatic carbocycles. The Hall–Kier alpha value is -2.57. The van der Waals surface area contributed by atoms with Crippen LogP contribution in [0.1, 0.15) is 43.2 Å². The maximum Gasteiger partial charge on any atom is 0.187 e. The lowest BCUT2D eigenvalue weighted by atomic mass is 9.96. The second kappa shape index (κ2) is 7.58. The van der Waals surface area contributed by atoms with Crippen LogP contribution in [-0.4, -0.2) is 22.6 Å². The van der Waals surface area contributed by atoms with Gasteiger partial charge in [-0.1, -0.05) is 36.4 Å². The predicted octanol–water partition coefficient (Wildman–Crippen LogP) is 5.98. The lowest BCUT2D eigenvalue weighted by Gasteiger charge is -2.24. The first-order valence-electron chi connectivity index (χ1n) is 9.94. The fourth-order valence-corrected chi connectivity index (χ4v) is 4.61. The Morgan fingerprint density at radius 2 is 1.96 bits per heavy atom. The van der Waals surface area contributed by atoms with Crippen LogP contribution in [0.3, 0.4) is 0 Å². The molecule has 3 aromatic rings. The average Bonchev–Trinajstić information content (AvgIpc) is 3.33. The van der Waals surface area contributed by atoms with E-state index in [1.807, 2.05) is 6.07 Å². The first-order chi connectivity index (χ1) is 13.2. The molecule has 4 rings (SSSR count). The van der Waals surface area contributed by atoms with Crippen molar-refractivity contribution >= 4 is 16.6 Å². The zero-order chi connectivity index (χ0) is 18.8. The van der Waals surface area contributed by atoms with Crippen molar-refractivity contribution in [2.75, 3.05) is 7.05 Å². The van der Waals surface area contributed by atoms with E-state index in [1.54, 1.807) is 0 Å². The zero-order valence-corrected chi connectivity index (χ0v) is 16.2. The third kappa shape index (κ3) is 3.50. The lowest BCUT2D eigenvalue weighted by molar-refractivity contribution is 0.235. The molecule has 0 N–H and O–H groups in total. The van der Waals surface area contributed by atoms with E-state index in [-0.39, 0.29) is 0 Å².